The van der Waals surface area contributed by atoms with Crippen molar-refractivity contribution in [3.8, 4) is 11.1 Å². The zero-order chi connectivity index (χ0) is 25.1. The highest BCUT2D eigenvalue weighted by molar-refractivity contribution is 7.18. The van der Waals surface area contributed by atoms with Crippen LogP contribution < -0.4 is 10.6 Å². The topological polar surface area (TPSA) is 87.2 Å². The molecule has 0 radical (unpaired) electrons. The Hall–Kier alpha value is -2.84. The van der Waals surface area contributed by atoms with Crippen LogP contribution >= 0.6 is 11.3 Å². The van der Waals surface area contributed by atoms with Gasteiger partial charge in [-0.05, 0) is 51.1 Å². The lowest BCUT2D eigenvalue weighted by atomic mass is 9.83. The van der Waals surface area contributed by atoms with E-state index < -0.39 is 6.04 Å². The first-order valence-corrected chi connectivity index (χ1v) is 14.0. The summed E-state index contributed by atoms with van der Waals surface area (Å²) in [5.74, 6) is 0.113. The van der Waals surface area contributed by atoms with Crippen molar-refractivity contribution in [3.63, 3.8) is 0 Å². The van der Waals surface area contributed by atoms with Crippen LogP contribution in [0.3, 0.4) is 0 Å². The summed E-state index contributed by atoms with van der Waals surface area (Å²) >= 11 is 1.63. The van der Waals surface area contributed by atoms with Gasteiger partial charge in [-0.15, -0.1) is 11.3 Å². The zero-order valence-corrected chi connectivity index (χ0v) is 21.9. The summed E-state index contributed by atoms with van der Waals surface area (Å²) in [6, 6.07) is 9.31. The van der Waals surface area contributed by atoms with Gasteiger partial charge in [0.15, 0.2) is 0 Å². The molecule has 2 N–H and O–H groups in total. The van der Waals surface area contributed by atoms with Crippen LogP contribution in [-0.4, -0.2) is 52.4 Å². The Morgan fingerprint density at radius 3 is 2.58 bits per heavy atom. The minimum Gasteiger partial charge on any atom is -0.343 e. The second kappa shape index (κ2) is 11.0. The van der Waals surface area contributed by atoms with Crippen molar-refractivity contribution in [3.05, 3.63) is 47.7 Å². The Labute approximate surface area is 216 Å². The summed E-state index contributed by atoms with van der Waals surface area (Å²) in [7, 11) is 1.77. The summed E-state index contributed by atoms with van der Waals surface area (Å²) in [4.78, 5) is 38.4. The van der Waals surface area contributed by atoms with E-state index in [9.17, 15) is 9.59 Å². The number of thiazole rings is 1. The summed E-state index contributed by atoms with van der Waals surface area (Å²) in [5, 5.41) is 7.08. The van der Waals surface area contributed by atoms with Crippen LogP contribution in [-0.2, 0) is 9.59 Å². The van der Waals surface area contributed by atoms with Gasteiger partial charge in [-0.25, -0.2) is 4.98 Å². The minimum absolute atomic E-state index is 0.0433. The van der Waals surface area contributed by atoms with E-state index in [2.05, 4.69) is 27.8 Å². The van der Waals surface area contributed by atoms with Gasteiger partial charge in [-0.2, -0.15) is 0 Å². The van der Waals surface area contributed by atoms with E-state index in [0.717, 1.165) is 64.9 Å². The molecule has 2 aliphatic rings. The van der Waals surface area contributed by atoms with Crippen molar-refractivity contribution in [2.75, 3.05) is 13.6 Å². The molecule has 2 unspecified atom stereocenters. The Morgan fingerprint density at radius 2 is 1.83 bits per heavy atom. The van der Waals surface area contributed by atoms with E-state index in [4.69, 9.17) is 4.98 Å². The summed E-state index contributed by atoms with van der Waals surface area (Å²) < 4.78 is 1.03. The summed E-state index contributed by atoms with van der Waals surface area (Å²) in [6.45, 7) is 2.53. The number of aromatic nitrogens is 2. The Morgan fingerprint density at radius 1 is 1.06 bits per heavy atom. The molecule has 1 saturated heterocycles. The molecule has 1 aliphatic carbocycles. The third kappa shape index (κ3) is 5.02. The second-order valence-corrected chi connectivity index (χ2v) is 11.1. The first-order chi connectivity index (χ1) is 17.6. The van der Waals surface area contributed by atoms with E-state index in [0.29, 0.717) is 6.54 Å². The summed E-state index contributed by atoms with van der Waals surface area (Å²) in [5.41, 5.74) is 3.04. The molecule has 36 heavy (non-hydrogen) atoms. The molecule has 190 valence electrons. The highest BCUT2D eigenvalue weighted by Crippen LogP contribution is 2.40. The number of likely N-dealkylation sites (tertiary alicyclic amines) is 1. The first kappa shape index (κ1) is 24.8. The van der Waals surface area contributed by atoms with Crippen molar-refractivity contribution in [2.24, 2.45) is 5.92 Å². The zero-order valence-electron chi connectivity index (χ0n) is 21.1. The number of hydrogen-bond acceptors (Lipinski definition) is 6. The lowest BCUT2D eigenvalue weighted by molar-refractivity contribution is -0.139. The number of rotatable bonds is 7. The molecule has 8 heteroatoms. The van der Waals surface area contributed by atoms with Gasteiger partial charge >= 0.3 is 0 Å². The molecular formula is C28H35N5O2S. The van der Waals surface area contributed by atoms with Crippen LogP contribution in [0.1, 0.15) is 62.9 Å². The van der Waals surface area contributed by atoms with Gasteiger partial charge in [-0.3, -0.25) is 14.6 Å². The van der Waals surface area contributed by atoms with Gasteiger partial charge in [0.25, 0.3) is 0 Å². The molecular weight excluding hydrogens is 470 g/mol. The number of nitrogens with one attached hydrogen (secondary N) is 2. The fourth-order valence-electron chi connectivity index (χ4n) is 5.57. The predicted octanol–water partition coefficient (Wildman–Crippen LogP) is 4.69. The van der Waals surface area contributed by atoms with Gasteiger partial charge in [0.1, 0.15) is 11.0 Å². The Kier molecular flexibility index (Phi) is 7.62. The maximum absolute atomic E-state index is 14.0. The SMILES string of the molecule is CN[C@@H](C)C(=O)NC(C(=O)N1CCCC1c1nc2c(-c3ccccc3)cncc2s1)C1CCCCC1. The van der Waals surface area contributed by atoms with Gasteiger partial charge in [0.05, 0.1) is 22.3 Å². The lowest BCUT2D eigenvalue weighted by Gasteiger charge is -2.35. The predicted molar refractivity (Wildman–Crippen MR) is 144 cm³/mol. The number of hydrogen-bond donors (Lipinski definition) is 2. The molecule has 2 aromatic heterocycles. The second-order valence-electron chi connectivity index (χ2n) is 10.0. The van der Waals surface area contributed by atoms with E-state index in [1.54, 1.807) is 18.4 Å². The van der Waals surface area contributed by atoms with Crippen molar-refractivity contribution >= 4 is 33.4 Å². The minimum atomic E-state index is -0.481. The van der Waals surface area contributed by atoms with Gasteiger partial charge in [-0.1, -0.05) is 49.6 Å². The molecule has 0 bridgehead atoms. The molecule has 3 heterocycles. The number of benzene rings is 1. The van der Waals surface area contributed by atoms with Crippen molar-refractivity contribution < 1.29 is 9.59 Å². The lowest BCUT2D eigenvalue weighted by Crippen LogP contribution is -2.55. The van der Waals surface area contributed by atoms with Gasteiger partial charge in [0.2, 0.25) is 11.8 Å². The summed E-state index contributed by atoms with van der Waals surface area (Å²) in [6.07, 6.45) is 11.0. The normalized spacial score (nSPS) is 20.4. The molecule has 1 saturated carbocycles. The molecule has 3 aromatic rings. The van der Waals surface area contributed by atoms with Crippen LogP contribution in [0.15, 0.2) is 42.7 Å². The van der Waals surface area contributed by atoms with Crippen LogP contribution in [0.4, 0.5) is 0 Å². The third-order valence-corrected chi connectivity index (χ3v) is 8.83. The van der Waals surface area contributed by atoms with Crippen LogP contribution in [0.25, 0.3) is 21.3 Å². The highest BCUT2D eigenvalue weighted by atomic mass is 32.1. The molecule has 1 aromatic carbocycles. The van der Waals surface area contributed by atoms with Crippen LogP contribution in [0, 0.1) is 5.92 Å². The quantitative estimate of drug-likeness (QED) is 0.486. The largest absolute Gasteiger partial charge is 0.343 e. The fraction of sp³-hybridized carbons (Fsp3) is 0.500. The van der Waals surface area contributed by atoms with E-state index in [-0.39, 0.29) is 29.8 Å². The van der Waals surface area contributed by atoms with Gasteiger partial charge in [0, 0.05) is 24.5 Å². The van der Waals surface area contributed by atoms with Crippen molar-refractivity contribution in [1.82, 2.24) is 25.5 Å². The molecule has 7 nitrogen and oxygen atoms in total. The first-order valence-electron chi connectivity index (χ1n) is 13.1. The molecule has 5 rings (SSSR count). The van der Waals surface area contributed by atoms with Crippen molar-refractivity contribution in [1.29, 1.82) is 0 Å². The number of nitrogens with zero attached hydrogens (tertiary/aromatic N) is 3. The molecule has 2 amide bonds. The smallest absolute Gasteiger partial charge is 0.246 e. The molecule has 0 spiro atoms. The fourth-order valence-corrected chi connectivity index (χ4v) is 6.67. The third-order valence-electron chi connectivity index (χ3n) is 7.74. The molecule has 1 aliphatic heterocycles. The number of carbonyl (C=O) groups is 2. The van der Waals surface area contributed by atoms with E-state index >= 15 is 0 Å². The molecule has 2 fully saturated rings. The Bertz CT molecular complexity index is 1210. The maximum Gasteiger partial charge on any atom is 0.246 e. The average molecular weight is 506 g/mol. The number of likely N-dealkylation sites (N-methyl/N-ethyl adjacent to an activating group) is 1. The average Bonchev–Trinajstić information content (AvgIpc) is 3.59. The van der Waals surface area contributed by atoms with Crippen molar-refractivity contribution in [2.45, 2.75) is 70.0 Å². The standard InChI is InChI=1S/C28H35N5O2S/c1-18(29-2)26(34)31-24(20-12-7-4-8-13-20)28(35)33-15-9-14-22(33)27-32-25-21(16-30-17-23(25)36-27)19-10-5-3-6-11-19/h3,5-6,10-11,16-18,20,22,24,29H,4,7-9,12-15H2,1-2H3,(H,31,34)/t18-,22?,24?/m0/s1. The highest BCUT2D eigenvalue weighted by Gasteiger charge is 2.40. The number of carbonyl (C=O) groups excluding carboxylic acids is 2. The number of fused-ring (bicyclic) bond motifs is 1. The number of pyridine rings is 1. The van der Waals surface area contributed by atoms with E-state index in [1.165, 1.54) is 6.42 Å². The van der Waals surface area contributed by atoms with E-state index in [1.807, 2.05) is 42.4 Å². The van der Waals surface area contributed by atoms with Gasteiger partial charge < -0.3 is 15.5 Å². The number of amides is 2. The van der Waals surface area contributed by atoms with Crippen LogP contribution in [0.5, 0.6) is 0 Å². The maximum atomic E-state index is 14.0. The van der Waals surface area contributed by atoms with Crippen LogP contribution in [0.2, 0.25) is 0 Å². The Balaban J connectivity index is 1.44. The monoisotopic (exact) mass is 505 g/mol. The molecule has 3 atom stereocenters.